The van der Waals surface area contributed by atoms with Gasteiger partial charge in [0.15, 0.2) is 5.16 Å². The SMILES string of the molecule is COC1NCC2CC1NS(=O)(=O)c1cccc(c1)C(=O)NCC1CC(CCN1)c1cnc3n1NC2S3. The standard InChI is InChI=1S/C23H31N7O4S2/c1-34-21-18-9-15(10-26-21)22-28-30-19(12-27-23(30)35-22)13-5-6-24-16(7-13)11-25-20(31)14-3-2-4-17(8-14)36(32,33)29-18/h2-4,8,12-13,15-16,18,21-22,24,26,28-29H,5-7,9-11H2,1H3,(H,25,31). The van der Waals surface area contributed by atoms with Crippen molar-refractivity contribution in [3.8, 4) is 0 Å². The van der Waals surface area contributed by atoms with E-state index < -0.39 is 22.3 Å². The van der Waals surface area contributed by atoms with Crippen molar-refractivity contribution >= 4 is 27.7 Å². The van der Waals surface area contributed by atoms with E-state index in [-0.39, 0.29) is 28.1 Å². The number of hydrogen-bond acceptors (Lipinski definition) is 9. The Hall–Kier alpha value is -2.16. The maximum Gasteiger partial charge on any atom is 0.251 e. The number of hydrogen-bond donors (Lipinski definition) is 5. The fourth-order valence-electron chi connectivity index (χ4n) is 5.67. The van der Waals surface area contributed by atoms with Gasteiger partial charge in [-0.2, -0.15) is 0 Å². The van der Waals surface area contributed by atoms with Gasteiger partial charge in [-0.05, 0) is 44.0 Å². The van der Waals surface area contributed by atoms with E-state index >= 15 is 0 Å². The molecule has 11 nitrogen and oxygen atoms in total. The molecule has 0 radical (unpaired) electrons. The molecule has 5 heterocycles. The predicted molar refractivity (Wildman–Crippen MR) is 135 cm³/mol. The molecule has 0 aliphatic carbocycles. The number of thioether (sulfide) groups is 1. The van der Waals surface area contributed by atoms with Gasteiger partial charge < -0.3 is 20.8 Å². The smallest absolute Gasteiger partial charge is 0.251 e. The van der Waals surface area contributed by atoms with Crippen molar-refractivity contribution in [2.75, 3.05) is 32.2 Å². The molecule has 1 aromatic heterocycles. The first-order valence-electron chi connectivity index (χ1n) is 12.3. The average Bonchev–Trinajstić information content (AvgIpc) is 3.48. The summed E-state index contributed by atoms with van der Waals surface area (Å²) in [6, 6.07) is 5.82. The van der Waals surface area contributed by atoms with Crippen molar-refractivity contribution in [2.45, 2.75) is 58.9 Å². The number of ether oxygens (including phenoxy) is 1. The van der Waals surface area contributed by atoms with Crippen molar-refractivity contribution in [2.24, 2.45) is 5.92 Å². The molecule has 6 atom stereocenters. The Morgan fingerprint density at radius 1 is 1.19 bits per heavy atom. The second kappa shape index (κ2) is 9.62. The van der Waals surface area contributed by atoms with Crippen LogP contribution >= 0.6 is 11.8 Å². The largest absolute Gasteiger partial charge is 0.365 e. The van der Waals surface area contributed by atoms with E-state index in [1.807, 2.05) is 6.20 Å². The van der Waals surface area contributed by atoms with E-state index in [0.29, 0.717) is 31.0 Å². The molecule has 36 heavy (non-hydrogen) atoms. The van der Waals surface area contributed by atoms with Gasteiger partial charge in [0, 0.05) is 43.6 Å². The van der Waals surface area contributed by atoms with Gasteiger partial charge in [0.1, 0.15) is 6.23 Å². The summed E-state index contributed by atoms with van der Waals surface area (Å²) in [4.78, 5) is 17.6. The zero-order valence-electron chi connectivity index (χ0n) is 19.9. The number of rotatable bonds is 1. The highest BCUT2D eigenvalue weighted by Crippen LogP contribution is 2.39. The Bertz CT molecular complexity index is 1250. The summed E-state index contributed by atoms with van der Waals surface area (Å²) >= 11 is 1.68. The Balaban J connectivity index is 1.35. The molecule has 2 fully saturated rings. The molecule has 6 rings (SSSR count). The Labute approximate surface area is 214 Å². The molecular formula is C23H31N7O4S2. The molecular weight excluding hydrogens is 502 g/mol. The van der Waals surface area contributed by atoms with Gasteiger partial charge >= 0.3 is 0 Å². The number of aromatic nitrogens is 2. The number of carbonyl (C=O) groups excluding carboxylic acids is 1. The van der Waals surface area contributed by atoms with Crippen LogP contribution in [0.5, 0.6) is 0 Å². The highest BCUT2D eigenvalue weighted by atomic mass is 32.2. The molecule has 2 aromatic rings. The van der Waals surface area contributed by atoms with E-state index in [2.05, 4.69) is 35.8 Å². The minimum atomic E-state index is -3.89. The lowest BCUT2D eigenvalue weighted by Crippen LogP contribution is -2.58. The first kappa shape index (κ1) is 24.2. The molecule has 6 unspecified atom stereocenters. The number of sulfonamides is 1. The zero-order valence-corrected chi connectivity index (χ0v) is 21.6. The molecule has 2 saturated heterocycles. The van der Waals surface area contributed by atoms with E-state index in [1.54, 1.807) is 31.0 Å². The summed E-state index contributed by atoms with van der Waals surface area (Å²) in [5.41, 5.74) is 5.10. The van der Waals surface area contributed by atoms with E-state index in [9.17, 15) is 13.2 Å². The summed E-state index contributed by atoms with van der Waals surface area (Å²) in [6.45, 7) is 2.00. The van der Waals surface area contributed by atoms with Gasteiger partial charge in [-0.3, -0.25) is 10.1 Å². The Kier molecular flexibility index (Phi) is 6.46. The van der Waals surface area contributed by atoms with Crippen LogP contribution < -0.4 is 26.1 Å². The highest BCUT2D eigenvalue weighted by Gasteiger charge is 2.41. The number of nitrogens with one attached hydrogen (secondary N) is 5. The summed E-state index contributed by atoms with van der Waals surface area (Å²) in [7, 11) is -2.32. The number of imidazole rings is 1. The Morgan fingerprint density at radius 3 is 2.94 bits per heavy atom. The molecule has 4 aliphatic rings. The third kappa shape index (κ3) is 4.52. The molecule has 1 aromatic carbocycles. The first-order chi connectivity index (χ1) is 17.4. The predicted octanol–water partition coefficient (Wildman–Crippen LogP) is 0.367. The van der Waals surface area contributed by atoms with Crippen molar-refractivity contribution in [1.29, 1.82) is 0 Å². The molecule has 8 bridgehead atoms. The van der Waals surface area contributed by atoms with E-state index in [1.165, 1.54) is 12.1 Å². The maximum absolute atomic E-state index is 13.3. The summed E-state index contributed by atoms with van der Waals surface area (Å²) in [5.74, 6) is 0.170. The molecule has 5 N–H and O–H groups in total. The minimum Gasteiger partial charge on any atom is -0.365 e. The quantitative estimate of drug-likeness (QED) is 0.352. The molecule has 0 spiro atoms. The second-order valence-electron chi connectivity index (χ2n) is 9.87. The lowest BCUT2D eigenvalue weighted by Gasteiger charge is -2.38. The second-order valence-corrected chi connectivity index (χ2v) is 12.7. The van der Waals surface area contributed by atoms with Crippen LogP contribution in [-0.4, -0.2) is 74.4 Å². The number of methoxy groups -OCH3 is 1. The van der Waals surface area contributed by atoms with Gasteiger partial charge in [0.25, 0.3) is 5.91 Å². The minimum absolute atomic E-state index is 0.0576. The van der Waals surface area contributed by atoms with Crippen molar-refractivity contribution < 1.29 is 17.9 Å². The third-order valence-corrected chi connectivity index (χ3v) is 10.3. The third-order valence-electron chi connectivity index (χ3n) is 7.57. The molecule has 13 heteroatoms. The lowest BCUT2D eigenvalue weighted by atomic mass is 9.90. The van der Waals surface area contributed by atoms with Crippen LogP contribution in [0.2, 0.25) is 0 Å². The summed E-state index contributed by atoms with van der Waals surface area (Å²) in [5, 5.41) is 10.8. The molecule has 1 amide bonds. The van der Waals surface area contributed by atoms with Crippen molar-refractivity contribution in [3.63, 3.8) is 0 Å². The number of nitrogens with zero attached hydrogens (tertiary/aromatic N) is 2. The summed E-state index contributed by atoms with van der Waals surface area (Å²) in [6.07, 6.45) is 3.96. The summed E-state index contributed by atoms with van der Waals surface area (Å²) < 4.78 is 37.2. The van der Waals surface area contributed by atoms with Gasteiger partial charge in [0.2, 0.25) is 10.0 Å². The number of fused-ring (bicyclic) bond motifs is 9. The molecule has 194 valence electrons. The van der Waals surface area contributed by atoms with Crippen LogP contribution in [0.25, 0.3) is 0 Å². The number of amides is 1. The topological polar surface area (TPSA) is 138 Å². The normalized spacial score (nSPS) is 33.6. The van der Waals surface area contributed by atoms with Crippen LogP contribution in [0.4, 0.5) is 0 Å². The van der Waals surface area contributed by atoms with Gasteiger partial charge in [-0.15, -0.1) is 0 Å². The average molecular weight is 534 g/mol. The lowest BCUT2D eigenvalue weighted by molar-refractivity contribution is 0.0180. The van der Waals surface area contributed by atoms with Crippen LogP contribution in [0, 0.1) is 5.92 Å². The zero-order chi connectivity index (χ0) is 24.9. The van der Waals surface area contributed by atoms with Crippen LogP contribution in [-0.2, 0) is 14.8 Å². The first-order valence-corrected chi connectivity index (χ1v) is 14.7. The van der Waals surface area contributed by atoms with Crippen LogP contribution in [0.1, 0.15) is 41.2 Å². The van der Waals surface area contributed by atoms with Crippen LogP contribution in [0.3, 0.4) is 0 Å². The highest BCUT2D eigenvalue weighted by molar-refractivity contribution is 8.00. The maximum atomic E-state index is 13.3. The van der Waals surface area contributed by atoms with E-state index in [0.717, 1.165) is 30.2 Å². The molecule has 0 saturated carbocycles. The van der Waals surface area contributed by atoms with Gasteiger partial charge in [-0.1, -0.05) is 17.8 Å². The van der Waals surface area contributed by atoms with Gasteiger partial charge in [-0.25, -0.2) is 22.8 Å². The molecule has 4 aliphatic heterocycles. The number of piperidine rings is 2. The monoisotopic (exact) mass is 533 g/mol. The fraction of sp³-hybridized carbons (Fsp3) is 0.565. The van der Waals surface area contributed by atoms with Gasteiger partial charge in [0.05, 0.1) is 28.2 Å². The van der Waals surface area contributed by atoms with E-state index in [4.69, 9.17) is 4.74 Å². The number of benzene rings is 1. The van der Waals surface area contributed by atoms with Crippen LogP contribution in [0.15, 0.2) is 40.5 Å². The number of carbonyl (C=O) groups is 1. The van der Waals surface area contributed by atoms with Crippen molar-refractivity contribution in [1.82, 2.24) is 30.3 Å². The Morgan fingerprint density at radius 2 is 2.08 bits per heavy atom. The van der Waals surface area contributed by atoms with Crippen molar-refractivity contribution in [3.05, 3.63) is 41.7 Å². The fourth-order valence-corrected chi connectivity index (χ4v) is 8.12.